The highest BCUT2D eigenvalue weighted by atomic mass is 19.1. The summed E-state index contributed by atoms with van der Waals surface area (Å²) in [5, 5.41) is 12.4. The molecule has 2 aromatic carbocycles. The lowest BCUT2D eigenvalue weighted by Crippen LogP contribution is -2.17. The van der Waals surface area contributed by atoms with E-state index in [2.05, 4.69) is 23.0 Å². The molecule has 0 aliphatic heterocycles. The van der Waals surface area contributed by atoms with Gasteiger partial charge in [-0.2, -0.15) is 5.26 Å². The van der Waals surface area contributed by atoms with Crippen LogP contribution < -0.4 is 5.32 Å². The van der Waals surface area contributed by atoms with Crippen LogP contribution in [0.25, 0.3) is 6.08 Å². The van der Waals surface area contributed by atoms with Crippen molar-refractivity contribution in [3.05, 3.63) is 65.0 Å². The molecule has 2 aromatic rings. The fourth-order valence-corrected chi connectivity index (χ4v) is 2.59. The van der Waals surface area contributed by atoms with Crippen molar-refractivity contribution < 1.29 is 4.39 Å². The molecule has 0 aliphatic rings. The van der Waals surface area contributed by atoms with Crippen LogP contribution in [0.3, 0.4) is 0 Å². The summed E-state index contributed by atoms with van der Waals surface area (Å²) in [7, 11) is 5.58. The Balaban J connectivity index is 2.45. The first-order chi connectivity index (χ1) is 12.4. The van der Waals surface area contributed by atoms with Gasteiger partial charge in [-0.1, -0.05) is 18.7 Å². The third kappa shape index (κ3) is 4.09. The Labute approximate surface area is 154 Å². The average Bonchev–Trinajstić information content (AvgIpc) is 2.63. The maximum Gasteiger partial charge on any atom is 0.128 e. The number of nitriles is 1. The van der Waals surface area contributed by atoms with Crippen molar-refractivity contribution in [2.24, 2.45) is 4.99 Å². The zero-order valence-corrected chi connectivity index (χ0v) is 15.6. The number of nitrogens with one attached hydrogen (secondary N) is 1. The van der Waals surface area contributed by atoms with Crippen molar-refractivity contribution >= 4 is 23.3 Å². The van der Waals surface area contributed by atoms with Gasteiger partial charge in [0.25, 0.3) is 0 Å². The zero-order valence-electron chi connectivity index (χ0n) is 15.6. The normalized spacial score (nSPS) is 11.0. The summed E-state index contributed by atoms with van der Waals surface area (Å²) < 4.78 is 14.3. The van der Waals surface area contributed by atoms with Crippen LogP contribution >= 0.6 is 0 Å². The molecule has 0 fully saturated rings. The monoisotopic (exact) mass is 350 g/mol. The van der Waals surface area contributed by atoms with Crippen molar-refractivity contribution in [2.45, 2.75) is 13.3 Å². The van der Waals surface area contributed by atoms with Gasteiger partial charge >= 0.3 is 0 Å². The van der Waals surface area contributed by atoms with E-state index in [1.54, 1.807) is 19.2 Å². The minimum Gasteiger partial charge on any atom is -0.387 e. The molecule has 0 saturated carbocycles. The molecule has 0 amide bonds. The second-order valence-corrected chi connectivity index (χ2v) is 6.14. The molecule has 1 N–H and O–H groups in total. The van der Waals surface area contributed by atoms with E-state index >= 15 is 0 Å². The minimum absolute atomic E-state index is 0.321. The third-order valence-corrected chi connectivity index (χ3v) is 4.26. The molecule has 0 bridgehead atoms. The number of rotatable bonds is 5. The van der Waals surface area contributed by atoms with Crippen LogP contribution in [0.1, 0.15) is 29.2 Å². The van der Waals surface area contributed by atoms with E-state index < -0.39 is 0 Å². The Morgan fingerprint density at radius 3 is 2.65 bits per heavy atom. The smallest absolute Gasteiger partial charge is 0.128 e. The van der Waals surface area contributed by atoms with Gasteiger partial charge in [0.1, 0.15) is 17.7 Å². The van der Waals surface area contributed by atoms with Gasteiger partial charge in [-0.15, -0.1) is 0 Å². The molecule has 0 unspecified atom stereocenters. The average molecular weight is 350 g/mol. The van der Waals surface area contributed by atoms with Crippen molar-refractivity contribution in [3.8, 4) is 6.07 Å². The molecule has 0 aromatic heterocycles. The maximum absolute atomic E-state index is 14.3. The zero-order chi connectivity index (χ0) is 19.3. The van der Waals surface area contributed by atoms with Crippen molar-refractivity contribution in [2.75, 3.05) is 26.5 Å². The molecule has 0 atom stereocenters. The Morgan fingerprint density at radius 1 is 1.35 bits per heavy atom. The summed E-state index contributed by atoms with van der Waals surface area (Å²) in [6, 6.07) is 10.8. The topological polar surface area (TPSA) is 51.4 Å². The number of anilines is 1. The number of amidine groups is 1. The van der Waals surface area contributed by atoms with Crippen LogP contribution in [0.4, 0.5) is 15.8 Å². The minimum atomic E-state index is -0.383. The SMILES string of the molecule is C=Cc1cc(Cc2c(F)ccc(NC)c2C#N)ccc1N=C(C)N(C)C. The second-order valence-electron chi connectivity index (χ2n) is 6.14. The molecule has 0 heterocycles. The van der Waals surface area contributed by atoms with Gasteiger partial charge in [-0.3, -0.25) is 0 Å². The number of hydrogen-bond donors (Lipinski definition) is 1. The lowest BCUT2D eigenvalue weighted by molar-refractivity contribution is 0.613. The summed E-state index contributed by atoms with van der Waals surface area (Å²) in [4.78, 5) is 6.52. The molecular formula is C21H23FN4. The lowest BCUT2D eigenvalue weighted by atomic mass is 9.96. The predicted octanol–water partition coefficient (Wildman–Crippen LogP) is 4.58. The largest absolute Gasteiger partial charge is 0.387 e. The number of halogens is 1. The van der Waals surface area contributed by atoms with Gasteiger partial charge in [0.15, 0.2) is 0 Å². The van der Waals surface area contributed by atoms with Gasteiger partial charge in [-0.05, 0) is 42.3 Å². The summed E-state index contributed by atoms with van der Waals surface area (Å²) >= 11 is 0. The van der Waals surface area contributed by atoms with Crippen LogP contribution in [0, 0.1) is 17.1 Å². The number of nitrogens with zero attached hydrogens (tertiary/aromatic N) is 3. The predicted molar refractivity (Wildman–Crippen MR) is 106 cm³/mol. The van der Waals surface area contributed by atoms with Gasteiger partial charge in [0, 0.05) is 33.1 Å². The first-order valence-corrected chi connectivity index (χ1v) is 8.28. The van der Waals surface area contributed by atoms with E-state index in [4.69, 9.17) is 0 Å². The Morgan fingerprint density at radius 2 is 2.08 bits per heavy atom. The molecule has 5 heteroatoms. The standard InChI is InChI=1S/C21H23FN4/c1-6-16-11-15(7-9-20(16)25-14(2)26(4)5)12-17-18(13-23)21(24-3)10-8-19(17)22/h6-11,24H,1,12H2,2-5H3. The van der Waals surface area contributed by atoms with Crippen molar-refractivity contribution in [1.29, 1.82) is 5.26 Å². The number of benzene rings is 2. The van der Waals surface area contributed by atoms with Gasteiger partial charge in [-0.25, -0.2) is 9.38 Å². The molecule has 0 radical (unpaired) electrons. The first kappa shape index (κ1) is 19.2. The van der Waals surface area contributed by atoms with E-state index in [1.165, 1.54) is 6.07 Å². The van der Waals surface area contributed by atoms with E-state index in [1.807, 2.05) is 44.1 Å². The summed E-state index contributed by atoms with van der Waals surface area (Å²) in [6.45, 7) is 5.78. The highest BCUT2D eigenvalue weighted by Gasteiger charge is 2.14. The highest BCUT2D eigenvalue weighted by Crippen LogP contribution is 2.27. The van der Waals surface area contributed by atoms with Gasteiger partial charge in [0.05, 0.1) is 16.9 Å². The lowest BCUT2D eigenvalue weighted by Gasteiger charge is -2.13. The first-order valence-electron chi connectivity index (χ1n) is 8.28. The molecule has 0 aliphatic carbocycles. The fourth-order valence-electron chi connectivity index (χ4n) is 2.59. The Bertz CT molecular complexity index is 892. The molecule has 2 rings (SSSR count). The van der Waals surface area contributed by atoms with E-state index in [-0.39, 0.29) is 5.82 Å². The molecule has 134 valence electrons. The second kappa shape index (κ2) is 8.30. The van der Waals surface area contributed by atoms with E-state index in [0.29, 0.717) is 23.2 Å². The molecule has 4 nitrogen and oxygen atoms in total. The fraction of sp³-hybridized carbons (Fsp3) is 0.238. The van der Waals surface area contributed by atoms with Crippen molar-refractivity contribution in [1.82, 2.24) is 4.90 Å². The summed E-state index contributed by atoms with van der Waals surface area (Å²) in [6.07, 6.45) is 2.05. The third-order valence-electron chi connectivity index (χ3n) is 4.26. The van der Waals surface area contributed by atoms with Crippen LogP contribution in [0.15, 0.2) is 41.9 Å². The highest BCUT2D eigenvalue weighted by molar-refractivity contribution is 5.83. The Kier molecular flexibility index (Phi) is 6.13. The Hall–Kier alpha value is -3.13. The van der Waals surface area contributed by atoms with Crippen LogP contribution in [0.5, 0.6) is 0 Å². The van der Waals surface area contributed by atoms with E-state index in [0.717, 1.165) is 22.6 Å². The van der Waals surface area contributed by atoms with Gasteiger partial charge in [0.2, 0.25) is 0 Å². The summed E-state index contributed by atoms with van der Waals surface area (Å²) in [5.41, 5.74) is 3.90. The van der Waals surface area contributed by atoms with Crippen LogP contribution in [0.2, 0.25) is 0 Å². The van der Waals surface area contributed by atoms with Crippen LogP contribution in [-0.4, -0.2) is 31.9 Å². The quantitative estimate of drug-likeness (QED) is 0.634. The molecular weight excluding hydrogens is 327 g/mol. The number of hydrogen-bond acceptors (Lipinski definition) is 3. The maximum atomic E-state index is 14.3. The number of aliphatic imine (C=N–C) groups is 1. The van der Waals surface area contributed by atoms with E-state index in [9.17, 15) is 9.65 Å². The van der Waals surface area contributed by atoms with Crippen molar-refractivity contribution in [3.63, 3.8) is 0 Å². The molecule has 0 saturated heterocycles. The summed E-state index contributed by atoms with van der Waals surface area (Å²) in [5.74, 6) is 0.492. The van der Waals surface area contributed by atoms with Crippen LogP contribution in [-0.2, 0) is 6.42 Å². The molecule has 26 heavy (non-hydrogen) atoms. The van der Waals surface area contributed by atoms with Gasteiger partial charge < -0.3 is 10.2 Å². The molecule has 0 spiro atoms.